The Balaban J connectivity index is 1.99. The molecule has 1 aromatic carbocycles. The number of phenolic OH excluding ortho intramolecular Hbond substituents is 1. The maximum absolute atomic E-state index is 11.9. The number of aromatic hydroxyl groups is 1. The lowest BCUT2D eigenvalue weighted by Crippen LogP contribution is -2.41. The normalized spacial score (nSPS) is 17.7. The monoisotopic (exact) mass is 283 g/mol. The van der Waals surface area contributed by atoms with Gasteiger partial charge in [0.25, 0.3) is 0 Å². The molecule has 2 rings (SSSR count). The summed E-state index contributed by atoms with van der Waals surface area (Å²) >= 11 is 0. The summed E-state index contributed by atoms with van der Waals surface area (Å²) < 4.78 is 25.2. The highest BCUT2D eigenvalue weighted by atomic mass is 32.2. The maximum Gasteiger partial charge on any atom is 0.316 e. The van der Waals surface area contributed by atoms with Gasteiger partial charge in [-0.3, -0.25) is 0 Å². The Labute approximate surface area is 112 Å². The number of nitrogens with one attached hydrogen (secondary N) is 1. The molecule has 0 bridgehead atoms. The summed E-state index contributed by atoms with van der Waals surface area (Å²) in [5.41, 5.74) is 0.462. The molecule has 2 N–H and O–H groups in total. The smallest absolute Gasteiger partial charge is 0.316 e. The molecule has 1 fully saturated rings. The SMILES string of the molecule is O=S(=O)(NN=Cc1ccccc1O)N1CCCCC1. The molecule has 6 nitrogen and oxygen atoms in total. The molecule has 0 aliphatic carbocycles. The summed E-state index contributed by atoms with van der Waals surface area (Å²) in [5.74, 6) is 0.0587. The standard InChI is InChI=1S/C12H17N3O3S/c16-12-7-3-2-6-11(12)10-13-14-19(17,18)15-8-4-1-5-9-15/h2-3,6-7,10,14,16H,1,4-5,8-9H2. The van der Waals surface area contributed by atoms with Crippen LogP contribution in [0, 0.1) is 0 Å². The largest absolute Gasteiger partial charge is 0.507 e. The lowest BCUT2D eigenvalue weighted by molar-refractivity contribution is 0.342. The number of benzene rings is 1. The van der Waals surface area contributed by atoms with Crippen LogP contribution in [0.1, 0.15) is 24.8 Å². The number of hydrazone groups is 1. The van der Waals surface area contributed by atoms with E-state index in [-0.39, 0.29) is 5.75 Å². The minimum Gasteiger partial charge on any atom is -0.507 e. The lowest BCUT2D eigenvalue weighted by Gasteiger charge is -2.24. The lowest BCUT2D eigenvalue weighted by atomic mass is 10.2. The quantitative estimate of drug-likeness (QED) is 0.640. The third kappa shape index (κ3) is 3.68. The summed E-state index contributed by atoms with van der Waals surface area (Å²) in [6.45, 7) is 1.06. The van der Waals surface area contributed by atoms with Crippen LogP contribution in [0.2, 0.25) is 0 Å². The van der Waals surface area contributed by atoms with E-state index in [0.29, 0.717) is 18.7 Å². The van der Waals surface area contributed by atoms with Gasteiger partial charge in [0.05, 0.1) is 6.21 Å². The Morgan fingerprint density at radius 3 is 2.58 bits per heavy atom. The molecule has 1 aliphatic heterocycles. The Bertz CT molecular complexity index is 551. The molecular weight excluding hydrogens is 266 g/mol. The van der Waals surface area contributed by atoms with E-state index in [9.17, 15) is 13.5 Å². The zero-order valence-corrected chi connectivity index (χ0v) is 11.3. The van der Waals surface area contributed by atoms with Gasteiger partial charge in [-0.15, -0.1) is 0 Å². The highest BCUT2D eigenvalue weighted by Crippen LogP contribution is 2.13. The number of phenols is 1. The number of hydrogen-bond acceptors (Lipinski definition) is 4. The number of piperidine rings is 1. The zero-order valence-electron chi connectivity index (χ0n) is 10.5. The average Bonchev–Trinajstić information content (AvgIpc) is 2.42. The van der Waals surface area contributed by atoms with Crippen LogP contribution in [0.25, 0.3) is 0 Å². The van der Waals surface area contributed by atoms with Crippen molar-refractivity contribution < 1.29 is 13.5 Å². The molecule has 0 atom stereocenters. The first-order valence-electron chi connectivity index (χ1n) is 6.17. The van der Waals surface area contributed by atoms with Crippen LogP contribution in [-0.2, 0) is 10.2 Å². The Morgan fingerprint density at radius 2 is 1.89 bits per heavy atom. The van der Waals surface area contributed by atoms with Gasteiger partial charge in [-0.1, -0.05) is 18.6 Å². The van der Waals surface area contributed by atoms with Crippen LogP contribution < -0.4 is 4.83 Å². The maximum atomic E-state index is 11.9. The van der Waals surface area contributed by atoms with Gasteiger partial charge >= 0.3 is 10.2 Å². The highest BCUT2D eigenvalue weighted by molar-refractivity contribution is 7.87. The van der Waals surface area contributed by atoms with E-state index in [1.165, 1.54) is 16.6 Å². The fraction of sp³-hybridized carbons (Fsp3) is 0.417. The molecule has 0 aromatic heterocycles. The molecule has 0 radical (unpaired) electrons. The van der Waals surface area contributed by atoms with Gasteiger partial charge < -0.3 is 5.11 Å². The molecule has 0 saturated carbocycles. The van der Waals surface area contributed by atoms with Crippen LogP contribution in [0.15, 0.2) is 29.4 Å². The zero-order chi connectivity index (χ0) is 13.7. The van der Waals surface area contributed by atoms with Crippen LogP contribution in [0.5, 0.6) is 5.75 Å². The number of hydrogen-bond donors (Lipinski definition) is 2. The fourth-order valence-corrected chi connectivity index (χ4v) is 2.96. The van der Waals surface area contributed by atoms with Gasteiger partial charge in [0, 0.05) is 18.7 Å². The molecular formula is C12H17N3O3S. The minimum atomic E-state index is -3.56. The second-order valence-electron chi connectivity index (χ2n) is 4.37. The van der Waals surface area contributed by atoms with E-state index >= 15 is 0 Å². The Morgan fingerprint density at radius 1 is 1.21 bits per heavy atom. The van der Waals surface area contributed by atoms with Crippen molar-refractivity contribution in [3.05, 3.63) is 29.8 Å². The van der Waals surface area contributed by atoms with E-state index in [4.69, 9.17) is 0 Å². The van der Waals surface area contributed by atoms with Crippen molar-refractivity contribution >= 4 is 16.4 Å². The van der Waals surface area contributed by atoms with Crippen LogP contribution >= 0.6 is 0 Å². The van der Waals surface area contributed by atoms with Crippen molar-refractivity contribution in [2.45, 2.75) is 19.3 Å². The molecule has 104 valence electrons. The van der Waals surface area contributed by atoms with Gasteiger partial charge in [0.2, 0.25) is 0 Å². The summed E-state index contributed by atoms with van der Waals surface area (Å²) in [6, 6.07) is 6.58. The molecule has 0 amide bonds. The minimum absolute atomic E-state index is 0.0587. The third-order valence-corrected chi connectivity index (χ3v) is 4.34. The summed E-state index contributed by atoms with van der Waals surface area (Å²) in [5, 5.41) is 13.2. The van der Waals surface area contributed by atoms with Crippen molar-refractivity contribution in [1.82, 2.24) is 9.14 Å². The van der Waals surface area contributed by atoms with Crippen LogP contribution in [0.4, 0.5) is 0 Å². The molecule has 0 spiro atoms. The van der Waals surface area contributed by atoms with E-state index in [1.54, 1.807) is 18.2 Å². The predicted molar refractivity (Wildman–Crippen MR) is 73.2 cm³/mol. The molecule has 7 heteroatoms. The van der Waals surface area contributed by atoms with Crippen molar-refractivity contribution in [3.8, 4) is 5.75 Å². The molecule has 1 heterocycles. The van der Waals surface area contributed by atoms with Crippen molar-refractivity contribution in [2.75, 3.05) is 13.1 Å². The van der Waals surface area contributed by atoms with E-state index in [0.717, 1.165) is 19.3 Å². The van der Waals surface area contributed by atoms with Crippen molar-refractivity contribution in [2.24, 2.45) is 5.10 Å². The first-order chi connectivity index (χ1) is 9.09. The third-order valence-electron chi connectivity index (χ3n) is 2.96. The molecule has 1 saturated heterocycles. The molecule has 1 aromatic rings. The Hall–Kier alpha value is -1.60. The summed E-state index contributed by atoms with van der Waals surface area (Å²) in [7, 11) is -3.56. The van der Waals surface area contributed by atoms with Crippen LogP contribution in [0.3, 0.4) is 0 Å². The van der Waals surface area contributed by atoms with E-state index in [2.05, 4.69) is 9.93 Å². The average molecular weight is 283 g/mol. The highest BCUT2D eigenvalue weighted by Gasteiger charge is 2.22. The summed E-state index contributed by atoms with van der Waals surface area (Å²) in [6.07, 6.45) is 4.11. The van der Waals surface area contributed by atoms with Crippen LogP contribution in [-0.4, -0.2) is 37.1 Å². The first-order valence-corrected chi connectivity index (χ1v) is 7.61. The summed E-state index contributed by atoms with van der Waals surface area (Å²) in [4.78, 5) is 2.16. The predicted octanol–water partition coefficient (Wildman–Crippen LogP) is 1.05. The molecule has 0 unspecified atom stereocenters. The first kappa shape index (κ1) is 13.8. The van der Waals surface area contributed by atoms with Crippen molar-refractivity contribution in [1.29, 1.82) is 0 Å². The van der Waals surface area contributed by atoms with Gasteiger partial charge in [-0.2, -0.15) is 22.7 Å². The second-order valence-corrected chi connectivity index (χ2v) is 6.02. The van der Waals surface area contributed by atoms with Gasteiger partial charge in [-0.25, -0.2) is 0 Å². The van der Waals surface area contributed by atoms with Gasteiger partial charge in [0.15, 0.2) is 0 Å². The second kappa shape index (κ2) is 6.03. The van der Waals surface area contributed by atoms with Gasteiger partial charge in [0.1, 0.15) is 5.75 Å². The topological polar surface area (TPSA) is 82.0 Å². The molecule has 1 aliphatic rings. The van der Waals surface area contributed by atoms with Crippen molar-refractivity contribution in [3.63, 3.8) is 0 Å². The van der Waals surface area contributed by atoms with E-state index in [1.807, 2.05) is 0 Å². The fourth-order valence-electron chi connectivity index (χ4n) is 1.92. The number of para-hydroxylation sites is 1. The number of rotatable bonds is 4. The Kier molecular flexibility index (Phi) is 4.39. The number of nitrogens with zero attached hydrogens (tertiary/aromatic N) is 2. The molecule has 19 heavy (non-hydrogen) atoms. The van der Waals surface area contributed by atoms with Gasteiger partial charge in [-0.05, 0) is 25.0 Å². The van der Waals surface area contributed by atoms with E-state index < -0.39 is 10.2 Å².